The van der Waals surface area contributed by atoms with Crippen LogP contribution in [-0.4, -0.2) is 74.3 Å². The van der Waals surface area contributed by atoms with E-state index in [1.807, 2.05) is 79.9 Å². The van der Waals surface area contributed by atoms with Crippen molar-refractivity contribution in [3.05, 3.63) is 118 Å². The average Bonchev–Trinajstić information content (AvgIpc) is 3.84. The molecule has 0 spiro atoms. The molecular formula is C38H46N4O7. The molecule has 0 radical (unpaired) electrons. The van der Waals surface area contributed by atoms with Crippen molar-refractivity contribution in [2.45, 2.75) is 50.5 Å². The lowest BCUT2D eigenvalue weighted by Gasteiger charge is -2.37. The highest BCUT2D eigenvalue weighted by Crippen LogP contribution is 2.42. The molecule has 1 fully saturated rings. The number of ether oxygens (including phenoxy) is 5. The molecule has 0 saturated carbocycles. The lowest BCUT2D eigenvalue weighted by atomic mass is 9.80. The molecule has 3 aromatic carbocycles. The second-order valence-corrected chi connectivity index (χ2v) is 11.8. The van der Waals surface area contributed by atoms with Gasteiger partial charge in [-0.1, -0.05) is 54.6 Å². The SMILES string of the molecule is COCCO.COc1ccc(C(OCC2CCC(n3cc(C)c(NC4=NCCC4)nc3=O)O2)(c2ccccc2)c2ccc(OC)cc2)cc1. The molecule has 2 aliphatic heterocycles. The summed E-state index contributed by atoms with van der Waals surface area (Å²) in [6.45, 7) is 3.62. The first-order chi connectivity index (χ1) is 23.9. The molecular weight excluding hydrogens is 624 g/mol. The second-order valence-electron chi connectivity index (χ2n) is 11.8. The van der Waals surface area contributed by atoms with Crippen LogP contribution in [0.4, 0.5) is 5.82 Å². The van der Waals surface area contributed by atoms with Crippen molar-refractivity contribution in [1.29, 1.82) is 0 Å². The Hall–Kier alpha value is -4.55. The topological polar surface area (TPSA) is 126 Å². The van der Waals surface area contributed by atoms with E-state index in [0.29, 0.717) is 25.5 Å². The summed E-state index contributed by atoms with van der Waals surface area (Å²) in [4.78, 5) is 21.8. The molecule has 0 amide bonds. The van der Waals surface area contributed by atoms with Gasteiger partial charge in [-0.25, -0.2) is 4.79 Å². The van der Waals surface area contributed by atoms with Gasteiger partial charge in [0.2, 0.25) is 0 Å². The number of anilines is 1. The van der Waals surface area contributed by atoms with Crippen molar-refractivity contribution >= 4 is 11.7 Å². The summed E-state index contributed by atoms with van der Waals surface area (Å²) in [7, 11) is 4.87. The van der Waals surface area contributed by atoms with E-state index in [0.717, 1.165) is 65.4 Å². The fourth-order valence-electron chi connectivity index (χ4n) is 6.08. The molecule has 2 N–H and O–H groups in total. The van der Waals surface area contributed by atoms with E-state index in [4.69, 9.17) is 24.1 Å². The van der Waals surface area contributed by atoms with Gasteiger partial charge in [0.1, 0.15) is 35.0 Å². The fraction of sp³-hybridized carbons (Fsp3) is 0.395. The van der Waals surface area contributed by atoms with E-state index < -0.39 is 11.8 Å². The van der Waals surface area contributed by atoms with Gasteiger partial charge < -0.3 is 34.1 Å². The zero-order valence-electron chi connectivity index (χ0n) is 28.6. The Morgan fingerprint density at radius 2 is 1.55 bits per heavy atom. The van der Waals surface area contributed by atoms with Crippen molar-refractivity contribution < 1.29 is 28.8 Å². The molecule has 49 heavy (non-hydrogen) atoms. The molecule has 4 aromatic rings. The van der Waals surface area contributed by atoms with Crippen LogP contribution in [0.2, 0.25) is 0 Å². The smallest absolute Gasteiger partial charge is 0.351 e. The van der Waals surface area contributed by atoms with E-state index in [1.54, 1.807) is 25.9 Å². The maximum absolute atomic E-state index is 13.1. The molecule has 11 heteroatoms. The third-order valence-corrected chi connectivity index (χ3v) is 8.62. The summed E-state index contributed by atoms with van der Waals surface area (Å²) < 4.78 is 30.4. The third kappa shape index (κ3) is 8.55. The van der Waals surface area contributed by atoms with Crippen molar-refractivity contribution in [2.75, 3.05) is 53.0 Å². The molecule has 2 unspecified atom stereocenters. The Morgan fingerprint density at radius 3 is 2.08 bits per heavy atom. The number of nitrogens with one attached hydrogen (secondary N) is 1. The number of hydrogen-bond donors (Lipinski definition) is 2. The molecule has 2 aliphatic rings. The minimum atomic E-state index is -0.938. The number of aromatic nitrogens is 2. The summed E-state index contributed by atoms with van der Waals surface area (Å²) in [6.07, 6.45) is 4.48. The molecule has 0 aliphatic carbocycles. The quantitative estimate of drug-likeness (QED) is 0.188. The Kier molecular flexibility index (Phi) is 12.6. The molecule has 1 aromatic heterocycles. The summed E-state index contributed by atoms with van der Waals surface area (Å²) in [5.74, 6) is 2.96. The van der Waals surface area contributed by atoms with Gasteiger partial charge >= 0.3 is 5.69 Å². The van der Waals surface area contributed by atoms with Crippen LogP contribution in [-0.2, 0) is 19.8 Å². The van der Waals surface area contributed by atoms with Gasteiger partial charge in [0.05, 0.1) is 40.1 Å². The number of rotatable bonds is 12. The first kappa shape index (κ1) is 35.7. The number of amidine groups is 1. The van der Waals surface area contributed by atoms with Crippen LogP contribution in [0.15, 0.2) is 94.8 Å². The number of aliphatic hydroxyl groups is 1. The number of aryl methyl sites for hydroxylation is 1. The number of methoxy groups -OCH3 is 3. The highest BCUT2D eigenvalue weighted by atomic mass is 16.6. The van der Waals surface area contributed by atoms with Gasteiger partial charge in [-0.2, -0.15) is 4.98 Å². The lowest BCUT2D eigenvalue weighted by molar-refractivity contribution is -0.0773. The van der Waals surface area contributed by atoms with Crippen molar-refractivity contribution in [3.8, 4) is 11.5 Å². The number of benzene rings is 3. The van der Waals surface area contributed by atoms with Crippen molar-refractivity contribution in [2.24, 2.45) is 4.99 Å². The first-order valence-electron chi connectivity index (χ1n) is 16.6. The number of hydrogen-bond acceptors (Lipinski definition) is 10. The van der Waals surface area contributed by atoms with Gasteiger partial charge in [-0.05, 0) is 67.1 Å². The zero-order valence-corrected chi connectivity index (χ0v) is 28.6. The first-order valence-corrected chi connectivity index (χ1v) is 16.6. The van der Waals surface area contributed by atoms with Gasteiger partial charge in [-0.15, -0.1) is 0 Å². The van der Waals surface area contributed by atoms with Gasteiger partial charge in [0.25, 0.3) is 0 Å². The van der Waals surface area contributed by atoms with E-state index in [9.17, 15) is 4.79 Å². The Labute approximate surface area is 287 Å². The number of aliphatic hydroxyl groups excluding tert-OH is 1. The van der Waals surface area contributed by atoms with Crippen LogP contribution in [0.3, 0.4) is 0 Å². The van der Waals surface area contributed by atoms with Crippen LogP contribution in [0, 0.1) is 6.92 Å². The minimum absolute atomic E-state index is 0.122. The summed E-state index contributed by atoms with van der Waals surface area (Å²) in [5.41, 5.74) is 2.47. The van der Waals surface area contributed by atoms with E-state index in [-0.39, 0.29) is 18.4 Å². The van der Waals surface area contributed by atoms with Crippen molar-refractivity contribution in [3.63, 3.8) is 0 Å². The van der Waals surface area contributed by atoms with Crippen LogP contribution in [0.25, 0.3) is 0 Å². The molecule has 3 heterocycles. The maximum Gasteiger partial charge on any atom is 0.351 e. The van der Waals surface area contributed by atoms with Crippen LogP contribution in [0.1, 0.15) is 54.2 Å². The molecule has 6 rings (SSSR count). The lowest BCUT2D eigenvalue weighted by Crippen LogP contribution is -2.36. The number of nitrogens with zero attached hydrogens (tertiary/aromatic N) is 3. The maximum atomic E-state index is 13.1. The highest BCUT2D eigenvalue weighted by molar-refractivity contribution is 5.96. The number of aliphatic imine (C=N–C) groups is 1. The molecule has 260 valence electrons. The molecule has 11 nitrogen and oxygen atoms in total. The monoisotopic (exact) mass is 670 g/mol. The van der Waals surface area contributed by atoms with Crippen LogP contribution < -0.4 is 20.5 Å². The second kappa shape index (κ2) is 17.2. The van der Waals surface area contributed by atoms with Gasteiger partial charge in [0, 0.05) is 31.8 Å². The summed E-state index contributed by atoms with van der Waals surface area (Å²) in [6, 6.07) is 26.1. The Bertz CT molecular complexity index is 1660. The standard InChI is InChI=1S/C35H38N4O5.C3H8O2/c1-24-22-39(34(40)38-33(24)37-31-10-7-21-36-31)32-20-19-30(44-32)23-43-35(25-8-5-4-6-9-25,26-11-15-28(41-2)16-12-26)27-13-17-29(42-3)18-14-27;1-5-3-2-4/h4-6,8-9,11-18,22,30,32H,7,10,19-21,23H2,1-3H3,(H,36,37,38,40);4H,2-3H2,1H3. The zero-order chi connectivity index (χ0) is 34.6. The van der Waals surface area contributed by atoms with Crippen LogP contribution >= 0.6 is 0 Å². The highest BCUT2D eigenvalue weighted by Gasteiger charge is 2.40. The van der Waals surface area contributed by atoms with Crippen LogP contribution in [0.5, 0.6) is 11.5 Å². The minimum Gasteiger partial charge on any atom is -0.497 e. The van der Waals surface area contributed by atoms with E-state index in [1.165, 1.54) is 0 Å². The van der Waals surface area contributed by atoms with E-state index in [2.05, 4.69) is 32.2 Å². The normalized spacial score (nSPS) is 17.2. The van der Waals surface area contributed by atoms with E-state index >= 15 is 0 Å². The predicted octanol–water partition coefficient (Wildman–Crippen LogP) is 5.48. The third-order valence-electron chi connectivity index (χ3n) is 8.62. The fourth-order valence-corrected chi connectivity index (χ4v) is 6.08. The van der Waals surface area contributed by atoms with Gasteiger partial charge in [0.15, 0.2) is 0 Å². The van der Waals surface area contributed by atoms with Crippen molar-refractivity contribution in [1.82, 2.24) is 9.55 Å². The summed E-state index contributed by atoms with van der Waals surface area (Å²) in [5, 5.41) is 11.2. The molecule has 2 atom stereocenters. The average molecular weight is 671 g/mol. The molecule has 1 saturated heterocycles. The molecule has 0 bridgehead atoms. The van der Waals surface area contributed by atoms with Gasteiger partial charge in [-0.3, -0.25) is 9.56 Å². The largest absolute Gasteiger partial charge is 0.497 e. The summed E-state index contributed by atoms with van der Waals surface area (Å²) >= 11 is 0. The Morgan fingerprint density at radius 1 is 0.918 bits per heavy atom. The Balaban J connectivity index is 0.000000874. The predicted molar refractivity (Wildman–Crippen MR) is 189 cm³/mol.